The van der Waals surface area contributed by atoms with Gasteiger partial charge in [-0.15, -0.1) is 0 Å². The molecule has 1 fully saturated rings. The molecule has 0 aromatic heterocycles. The second kappa shape index (κ2) is 7.06. The van der Waals surface area contributed by atoms with Crippen LogP contribution in [-0.2, 0) is 6.42 Å². The third-order valence-electron chi connectivity index (χ3n) is 4.55. The number of nitrogens with zero attached hydrogens (tertiary/aromatic N) is 1. The minimum atomic E-state index is 0.581. The number of rotatable bonds is 5. The number of likely N-dealkylation sites (tertiary alicyclic amines) is 1. The Labute approximate surface area is 118 Å². The highest BCUT2D eigenvalue weighted by Gasteiger charge is 2.29. The van der Waals surface area contributed by atoms with Gasteiger partial charge in [0.15, 0.2) is 0 Å². The van der Waals surface area contributed by atoms with Crippen LogP contribution in [0, 0.1) is 5.92 Å². The van der Waals surface area contributed by atoms with Crippen molar-refractivity contribution in [2.45, 2.75) is 51.6 Å². The summed E-state index contributed by atoms with van der Waals surface area (Å²) >= 11 is 0. The van der Waals surface area contributed by atoms with Gasteiger partial charge < -0.3 is 5.73 Å². The quantitative estimate of drug-likeness (QED) is 0.881. The van der Waals surface area contributed by atoms with Gasteiger partial charge in [-0.1, -0.05) is 44.2 Å². The third-order valence-corrected chi connectivity index (χ3v) is 4.55. The fraction of sp³-hybridized carbons (Fsp3) is 0.647. The van der Waals surface area contributed by atoms with E-state index in [0.717, 1.165) is 18.9 Å². The average Bonchev–Trinajstić information content (AvgIpc) is 2.46. The first kappa shape index (κ1) is 14.5. The Balaban J connectivity index is 2.04. The van der Waals surface area contributed by atoms with Gasteiger partial charge in [0.05, 0.1) is 0 Å². The average molecular weight is 260 g/mol. The SMILES string of the molecule is CCC(Cc1ccccc1)N1CCC(C)CC1CN. The largest absolute Gasteiger partial charge is 0.329 e. The van der Waals surface area contributed by atoms with E-state index in [4.69, 9.17) is 5.73 Å². The molecule has 3 atom stereocenters. The van der Waals surface area contributed by atoms with Crippen LogP contribution in [0.1, 0.15) is 38.7 Å². The van der Waals surface area contributed by atoms with Crippen molar-refractivity contribution in [3.05, 3.63) is 35.9 Å². The van der Waals surface area contributed by atoms with E-state index in [1.807, 2.05) is 0 Å². The number of piperidine rings is 1. The maximum Gasteiger partial charge on any atom is 0.0224 e. The summed E-state index contributed by atoms with van der Waals surface area (Å²) in [5, 5.41) is 0. The molecule has 2 nitrogen and oxygen atoms in total. The van der Waals surface area contributed by atoms with Crippen LogP contribution in [0.4, 0.5) is 0 Å². The minimum absolute atomic E-state index is 0.581. The molecular weight excluding hydrogens is 232 g/mol. The highest BCUT2D eigenvalue weighted by molar-refractivity contribution is 5.16. The summed E-state index contributed by atoms with van der Waals surface area (Å²) in [5.74, 6) is 0.832. The van der Waals surface area contributed by atoms with Crippen molar-refractivity contribution >= 4 is 0 Å². The lowest BCUT2D eigenvalue weighted by molar-refractivity contribution is 0.0736. The zero-order chi connectivity index (χ0) is 13.7. The lowest BCUT2D eigenvalue weighted by Gasteiger charge is -2.43. The number of hydrogen-bond donors (Lipinski definition) is 1. The molecule has 0 saturated carbocycles. The Morgan fingerprint density at radius 1 is 1.32 bits per heavy atom. The number of benzene rings is 1. The molecule has 1 heterocycles. The Bertz CT molecular complexity index is 363. The van der Waals surface area contributed by atoms with E-state index < -0.39 is 0 Å². The van der Waals surface area contributed by atoms with Crippen molar-refractivity contribution in [3.63, 3.8) is 0 Å². The molecule has 2 N–H and O–H groups in total. The summed E-state index contributed by atoms with van der Waals surface area (Å²) in [6.45, 7) is 6.68. The summed E-state index contributed by atoms with van der Waals surface area (Å²) in [6.07, 6.45) is 4.95. The molecule has 1 aliphatic heterocycles. The van der Waals surface area contributed by atoms with Crippen molar-refractivity contribution in [3.8, 4) is 0 Å². The van der Waals surface area contributed by atoms with Crippen molar-refractivity contribution in [1.29, 1.82) is 0 Å². The van der Waals surface area contributed by atoms with Crippen LogP contribution < -0.4 is 5.73 Å². The molecule has 1 aliphatic rings. The van der Waals surface area contributed by atoms with Crippen LogP contribution in [0.3, 0.4) is 0 Å². The van der Waals surface area contributed by atoms with Gasteiger partial charge in [0, 0.05) is 18.6 Å². The Kier molecular flexibility index (Phi) is 5.41. The lowest BCUT2D eigenvalue weighted by Crippen LogP contribution is -2.51. The molecule has 0 radical (unpaired) electrons. The van der Waals surface area contributed by atoms with E-state index in [1.165, 1.54) is 31.4 Å². The van der Waals surface area contributed by atoms with E-state index in [1.54, 1.807) is 0 Å². The molecule has 1 saturated heterocycles. The maximum absolute atomic E-state index is 6.00. The van der Waals surface area contributed by atoms with Crippen LogP contribution in [0.5, 0.6) is 0 Å². The van der Waals surface area contributed by atoms with Crippen LogP contribution in [-0.4, -0.2) is 30.1 Å². The maximum atomic E-state index is 6.00. The molecule has 1 aromatic carbocycles. The number of hydrogen-bond acceptors (Lipinski definition) is 2. The molecule has 19 heavy (non-hydrogen) atoms. The fourth-order valence-corrected chi connectivity index (χ4v) is 3.36. The van der Waals surface area contributed by atoms with Gasteiger partial charge in [-0.2, -0.15) is 0 Å². The molecule has 3 unspecified atom stereocenters. The first-order valence-corrected chi connectivity index (χ1v) is 7.74. The van der Waals surface area contributed by atoms with E-state index >= 15 is 0 Å². The second-order valence-corrected chi connectivity index (χ2v) is 6.01. The molecular formula is C17H28N2. The van der Waals surface area contributed by atoms with E-state index in [0.29, 0.717) is 12.1 Å². The number of nitrogens with two attached hydrogens (primary N) is 1. The van der Waals surface area contributed by atoms with Crippen molar-refractivity contribution < 1.29 is 0 Å². The Morgan fingerprint density at radius 2 is 2.05 bits per heavy atom. The fourth-order valence-electron chi connectivity index (χ4n) is 3.36. The Morgan fingerprint density at radius 3 is 2.68 bits per heavy atom. The van der Waals surface area contributed by atoms with Crippen molar-refractivity contribution in [1.82, 2.24) is 4.90 Å². The molecule has 0 aliphatic carbocycles. The van der Waals surface area contributed by atoms with Gasteiger partial charge in [-0.05, 0) is 43.7 Å². The summed E-state index contributed by atoms with van der Waals surface area (Å²) in [4.78, 5) is 2.67. The van der Waals surface area contributed by atoms with Gasteiger partial charge in [0.25, 0.3) is 0 Å². The smallest absolute Gasteiger partial charge is 0.0224 e. The highest BCUT2D eigenvalue weighted by atomic mass is 15.2. The summed E-state index contributed by atoms with van der Waals surface area (Å²) < 4.78 is 0. The van der Waals surface area contributed by atoms with Crippen LogP contribution in [0.15, 0.2) is 30.3 Å². The molecule has 1 aromatic rings. The summed E-state index contributed by atoms with van der Waals surface area (Å²) in [5.41, 5.74) is 7.45. The first-order chi connectivity index (χ1) is 9.24. The Hall–Kier alpha value is -0.860. The third kappa shape index (κ3) is 3.80. The molecule has 2 heteroatoms. The van der Waals surface area contributed by atoms with Gasteiger partial charge in [-0.3, -0.25) is 4.90 Å². The zero-order valence-electron chi connectivity index (χ0n) is 12.4. The minimum Gasteiger partial charge on any atom is -0.329 e. The van der Waals surface area contributed by atoms with Gasteiger partial charge in [-0.25, -0.2) is 0 Å². The van der Waals surface area contributed by atoms with Crippen molar-refractivity contribution in [2.75, 3.05) is 13.1 Å². The summed E-state index contributed by atoms with van der Waals surface area (Å²) in [7, 11) is 0. The topological polar surface area (TPSA) is 29.3 Å². The highest BCUT2D eigenvalue weighted by Crippen LogP contribution is 2.26. The standard InChI is InChI=1S/C17H28N2/c1-3-16(12-15-7-5-4-6-8-15)19-10-9-14(2)11-17(19)13-18/h4-8,14,16-17H,3,9-13,18H2,1-2H3. The van der Waals surface area contributed by atoms with Gasteiger partial charge in [0.1, 0.15) is 0 Å². The van der Waals surface area contributed by atoms with Gasteiger partial charge >= 0.3 is 0 Å². The van der Waals surface area contributed by atoms with E-state index in [-0.39, 0.29) is 0 Å². The lowest BCUT2D eigenvalue weighted by atomic mass is 9.89. The van der Waals surface area contributed by atoms with Crippen LogP contribution in [0.2, 0.25) is 0 Å². The van der Waals surface area contributed by atoms with Crippen LogP contribution >= 0.6 is 0 Å². The predicted octanol–water partition coefficient (Wildman–Crippen LogP) is 3.07. The first-order valence-electron chi connectivity index (χ1n) is 7.74. The predicted molar refractivity (Wildman–Crippen MR) is 82.2 cm³/mol. The van der Waals surface area contributed by atoms with E-state index in [2.05, 4.69) is 49.1 Å². The van der Waals surface area contributed by atoms with Crippen molar-refractivity contribution in [2.24, 2.45) is 11.7 Å². The summed E-state index contributed by atoms with van der Waals surface area (Å²) in [6, 6.07) is 12.1. The molecule has 2 rings (SSSR count). The van der Waals surface area contributed by atoms with Gasteiger partial charge in [0.2, 0.25) is 0 Å². The molecule has 0 bridgehead atoms. The monoisotopic (exact) mass is 260 g/mol. The molecule has 0 amide bonds. The second-order valence-electron chi connectivity index (χ2n) is 6.01. The normalized spacial score (nSPS) is 26.3. The van der Waals surface area contributed by atoms with E-state index in [9.17, 15) is 0 Å². The zero-order valence-corrected chi connectivity index (χ0v) is 12.4. The van der Waals surface area contributed by atoms with Crippen LogP contribution in [0.25, 0.3) is 0 Å². The molecule has 0 spiro atoms. The molecule has 106 valence electrons.